The van der Waals surface area contributed by atoms with E-state index in [4.69, 9.17) is 4.74 Å². The van der Waals surface area contributed by atoms with Gasteiger partial charge in [-0.2, -0.15) is 0 Å². The molecule has 0 aromatic rings. The van der Waals surface area contributed by atoms with E-state index in [0.29, 0.717) is 29.8 Å². The lowest BCUT2D eigenvalue weighted by atomic mass is 9.81. The predicted molar refractivity (Wildman–Crippen MR) is 67.7 cm³/mol. The van der Waals surface area contributed by atoms with Crippen molar-refractivity contribution in [2.75, 3.05) is 6.61 Å². The SMILES string of the molecule is C[C@H]1C=C2C(=O)OC[C@H]2[C@@H](O)[C@@H]2CC(C)(C)C[C@@H]21. The summed E-state index contributed by atoms with van der Waals surface area (Å²) in [4.78, 5) is 11.7. The predicted octanol–water partition coefficient (Wildman–Crippen LogP) is 2.15. The first kappa shape index (κ1) is 12.2. The Hall–Kier alpha value is -0.830. The van der Waals surface area contributed by atoms with E-state index in [1.165, 1.54) is 0 Å². The molecule has 0 aromatic heterocycles. The van der Waals surface area contributed by atoms with Crippen LogP contribution in [0.3, 0.4) is 0 Å². The molecule has 3 nitrogen and oxygen atoms in total. The molecule has 2 aliphatic carbocycles. The molecule has 1 aliphatic heterocycles. The van der Waals surface area contributed by atoms with Crippen molar-refractivity contribution in [2.45, 2.75) is 39.7 Å². The molecule has 3 rings (SSSR count). The van der Waals surface area contributed by atoms with E-state index in [-0.39, 0.29) is 11.9 Å². The van der Waals surface area contributed by atoms with Crippen molar-refractivity contribution in [1.82, 2.24) is 0 Å². The zero-order valence-corrected chi connectivity index (χ0v) is 11.3. The fourth-order valence-corrected chi connectivity index (χ4v) is 4.28. The van der Waals surface area contributed by atoms with Crippen molar-refractivity contribution in [3.05, 3.63) is 11.6 Å². The van der Waals surface area contributed by atoms with Crippen molar-refractivity contribution in [2.24, 2.45) is 29.1 Å². The van der Waals surface area contributed by atoms with Crippen LogP contribution in [0.2, 0.25) is 0 Å². The second-order valence-corrected chi connectivity index (χ2v) is 7.08. The number of cyclic esters (lactones) is 1. The highest BCUT2D eigenvalue weighted by molar-refractivity contribution is 5.91. The smallest absolute Gasteiger partial charge is 0.334 e. The number of allylic oxidation sites excluding steroid dienone is 1. The van der Waals surface area contributed by atoms with E-state index in [1.807, 2.05) is 0 Å². The minimum atomic E-state index is -0.417. The molecule has 18 heavy (non-hydrogen) atoms. The van der Waals surface area contributed by atoms with Crippen molar-refractivity contribution in [3.63, 3.8) is 0 Å². The molecule has 5 atom stereocenters. The molecule has 0 unspecified atom stereocenters. The zero-order valence-electron chi connectivity index (χ0n) is 11.3. The lowest BCUT2D eigenvalue weighted by molar-refractivity contribution is -0.135. The van der Waals surface area contributed by atoms with Gasteiger partial charge >= 0.3 is 5.97 Å². The van der Waals surface area contributed by atoms with Gasteiger partial charge in [0.05, 0.1) is 12.0 Å². The first-order valence-corrected chi connectivity index (χ1v) is 6.96. The highest BCUT2D eigenvalue weighted by atomic mass is 16.5. The van der Waals surface area contributed by atoms with Gasteiger partial charge in [-0.05, 0) is 36.0 Å². The Morgan fingerprint density at radius 2 is 2.00 bits per heavy atom. The van der Waals surface area contributed by atoms with Gasteiger partial charge in [-0.1, -0.05) is 26.8 Å². The number of aliphatic hydroxyl groups excluding tert-OH is 1. The molecular weight excluding hydrogens is 228 g/mol. The molecule has 1 saturated carbocycles. The van der Waals surface area contributed by atoms with E-state index in [9.17, 15) is 9.90 Å². The van der Waals surface area contributed by atoms with E-state index >= 15 is 0 Å². The van der Waals surface area contributed by atoms with Crippen LogP contribution in [0.4, 0.5) is 0 Å². The molecule has 3 heteroatoms. The third-order valence-electron chi connectivity index (χ3n) is 5.12. The Morgan fingerprint density at radius 3 is 2.72 bits per heavy atom. The molecule has 0 spiro atoms. The molecular formula is C15H22O3. The summed E-state index contributed by atoms with van der Waals surface area (Å²) in [6.45, 7) is 7.10. The van der Waals surface area contributed by atoms with Gasteiger partial charge in [-0.3, -0.25) is 0 Å². The fraction of sp³-hybridized carbons (Fsp3) is 0.800. The van der Waals surface area contributed by atoms with Gasteiger partial charge in [0, 0.05) is 5.57 Å². The largest absolute Gasteiger partial charge is 0.462 e. The van der Waals surface area contributed by atoms with Gasteiger partial charge in [0.15, 0.2) is 0 Å². The van der Waals surface area contributed by atoms with E-state index in [0.717, 1.165) is 18.4 Å². The summed E-state index contributed by atoms with van der Waals surface area (Å²) >= 11 is 0. The monoisotopic (exact) mass is 250 g/mol. The first-order chi connectivity index (χ1) is 8.39. The van der Waals surface area contributed by atoms with Crippen LogP contribution in [0.15, 0.2) is 11.6 Å². The second-order valence-electron chi connectivity index (χ2n) is 7.08. The molecule has 1 saturated heterocycles. The number of fused-ring (bicyclic) bond motifs is 2. The summed E-state index contributed by atoms with van der Waals surface area (Å²) in [6, 6.07) is 0. The maximum atomic E-state index is 11.7. The number of rotatable bonds is 0. The molecule has 2 fully saturated rings. The van der Waals surface area contributed by atoms with E-state index in [1.54, 1.807) is 0 Å². The van der Waals surface area contributed by atoms with Crippen LogP contribution in [0.5, 0.6) is 0 Å². The molecule has 0 aromatic carbocycles. The fourth-order valence-electron chi connectivity index (χ4n) is 4.28. The molecule has 1 N–H and O–H groups in total. The summed E-state index contributed by atoms with van der Waals surface area (Å²) in [5.74, 6) is 0.857. The van der Waals surface area contributed by atoms with Crippen LogP contribution in [0, 0.1) is 29.1 Å². The molecule has 3 aliphatic rings. The van der Waals surface area contributed by atoms with Gasteiger partial charge in [0.25, 0.3) is 0 Å². The summed E-state index contributed by atoms with van der Waals surface area (Å²) in [5.41, 5.74) is 1.03. The van der Waals surface area contributed by atoms with Crippen molar-refractivity contribution >= 4 is 5.97 Å². The number of aliphatic hydroxyl groups is 1. The third-order valence-corrected chi connectivity index (χ3v) is 5.12. The van der Waals surface area contributed by atoms with Gasteiger partial charge in [0.1, 0.15) is 6.61 Å². The summed E-state index contributed by atoms with van der Waals surface area (Å²) < 4.78 is 5.11. The molecule has 0 radical (unpaired) electrons. The van der Waals surface area contributed by atoms with Crippen molar-refractivity contribution in [3.8, 4) is 0 Å². The average Bonchev–Trinajstić information content (AvgIpc) is 2.77. The summed E-state index contributed by atoms with van der Waals surface area (Å²) in [6.07, 6.45) is 3.84. The average molecular weight is 250 g/mol. The molecule has 0 bridgehead atoms. The lowest BCUT2D eigenvalue weighted by Crippen LogP contribution is -2.32. The van der Waals surface area contributed by atoms with E-state index < -0.39 is 6.10 Å². The van der Waals surface area contributed by atoms with Crippen LogP contribution >= 0.6 is 0 Å². The Kier molecular flexibility index (Phi) is 2.60. The highest BCUT2D eigenvalue weighted by Crippen LogP contribution is 2.53. The van der Waals surface area contributed by atoms with Crippen LogP contribution in [-0.4, -0.2) is 23.8 Å². The Balaban J connectivity index is 1.97. The standard InChI is InChI=1S/C15H22O3/c1-8-4-9-12(7-18-14(9)17)13(16)11-6-15(2,3)5-10(8)11/h4,8,10-13,16H,5-7H2,1-3H3/t8-,10+,11+,12+,13-/m0/s1. The minimum Gasteiger partial charge on any atom is -0.462 e. The Bertz CT molecular complexity index is 410. The minimum absolute atomic E-state index is 0.0937. The normalized spacial score (nSPS) is 45.9. The van der Waals surface area contributed by atoms with Crippen LogP contribution in [0.25, 0.3) is 0 Å². The third kappa shape index (κ3) is 1.71. The van der Waals surface area contributed by atoms with Gasteiger partial charge in [-0.15, -0.1) is 0 Å². The first-order valence-electron chi connectivity index (χ1n) is 6.96. The Morgan fingerprint density at radius 1 is 1.33 bits per heavy atom. The number of carbonyl (C=O) groups is 1. The summed E-state index contributed by atoms with van der Waals surface area (Å²) in [5, 5.41) is 10.6. The molecule has 0 amide bonds. The second kappa shape index (κ2) is 3.83. The van der Waals surface area contributed by atoms with Crippen LogP contribution < -0.4 is 0 Å². The lowest BCUT2D eigenvalue weighted by Gasteiger charge is -2.27. The summed E-state index contributed by atoms with van der Waals surface area (Å²) in [7, 11) is 0. The van der Waals surface area contributed by atoms with Crippen LogP contribution in [-0.2, 0) is 9.53 Å². The quantitative estimate of drug-likeness (QED) is 0.670. The Labute approximate surface area is 108 Å². The zero-order chi connectivity index (χ0) is 13.1. The maximum absolute atomic E-state index is 11.7. The maximum Gasteiger partial charge on any atom is 0.334 e. The van der Waals surface area contributed by atoms with Crippen molar-refractivity contribution < 1.29 is 14.6 Å². The van der Waals surface area contributed by atoms with Crippen LogP contribution in [0.1, 0.15) is 33.6 Å². The van der Waals surface area contributed by atoms with Crippen molar-refractivity contribution in [1.29, 1.82) is 0 Å². The number of hydrogen-bond acceptors (Lipinski definition) is 3. The highest BCUT2D eigenvalue weighted by Gasteiger charge is 2.51. The number of esters is 1. The van der Waals surface area contributed by atoms with E-state index in [2.05, 4.69) is 26.8 Å². The number of carbonyl (C=O) groups excluding carboxylic acids is 1. The van der Waals surface area contributed by atoms with Gasteiger partial charge < -0.3 is 9.84 Å². The van der Waals surface area contributed by atoms with Gasteiger partial charge in [0.2, 0.25) is 0 Å². The number of ether oxygens (including phenoxy) is 1. The molecule has 100 valence electrons. The van der Waals surface area contributed by atoms with Gasteiger partial charge in [-0.25, -0.2) is 4.79 Å². The topological polar surface area (TPSA) is 46.5 Å². The molecule has 1 heterocycles. The number of hydrogen-bond donors (Lipinski definition) is 1.